The van der Waals surface area contributed by atoms with E-state index in [1.165, 1.54) is 11.1 Å². The Bertz CT molecular complexity index is 1200. The molecule has 2 aromatic heterocycles. The van der Waals surface area contributed by atoms with Crippen molar-refractivity contribution in [3.8, 4) is 11.3 Å². The summed E-state index contributed by atoms with van der Waals surface area (Å²) in [5.74, 6) is 0.0283. The minimum absolute atomic E-state index is 0.0283. The number of fused-ring (bicyclic) bond motifs is 1. The van der Waals surface area contributed by atoms with Crippen LogP contribution in [-0.4, -0.2) is 27.0 Å². The number of hydrogen-bond donors (Lipinski definition) is 1. The molecule has 1 amide bonds. The van der Waals surface area contributed by atoms with Crippen molar-refractivity contribution in [1.29, 1.82) is 0 Å². The van der Waals surface area contributed by atoms with Crippen molar-refractivity contribution >= 4 is 17.2 Å². The van der Waals surface area contributed by atoms with Crippen LogP contribution in [0.15, 0.2) is 67.0 Å². The van der Waals surface area contributed by atoms with Crippen LogP contribution in [0.4, 0.5) is 5.69 Å². The fourth-order valence-corrected chi connectivity index (χ4v) is 3.75. The molecule has 1 N–H and O–H groups in total. The second kappa shape index (κ2) is 9.10. The van der Waals surface area contributed by atoms with Gasteiger partial charge < -0.3 is 10.2 Å². The average Bonchev–Trinajstić information content (AvgIpc) is 3.19. The van der Waals surface area contributed by atoms with Crippen molar-refractivity contribution in [3.63, 3.8) is 0 Å². The molecule has 0 radical (unpaired) electrons. The van der Waals surface area contributed by atoms with Crippen molar-refractivity contribution in [2.24, 2.45) is 0 Å². The van der Waals surface area contributed by atoms with Crippen LogP contribution in [0.3, 0.4) is 0 Å². The lowest BCUT2D eigenvalue weighted by atomic mass is 10.1. The number of amides is 1. The molecule has 0 saturated carbocycles. The maximum Gasteiger partial charge on any atom is 0.223 e. The van der Waals surface area contributed by atoms with Gasteiger partial charge in [0.2, 0.25) is 5.91 Å². The predicted octanol–water partition coefficient (Wildman–Crippen LogP) is 4.37. The fraction of sp³-hybridized carbons (Fsp3) is 0.240. The number of anilines is 1. The quantitative estimate of drug-likeness (QED) is 0.489. The highest BCUT2D eigenvalue weighted by atomic mass is 16.2. The van der Waals surface area contributed by atoms with Gasteiger partial charge in [-0.1, -0.05) is 42.0 Å². The molecule has 2 aromatic carbocycles. The van der Waals surface area contributed by atoms with E-state index < -0.39 is 0 Å². The third-order valence-electron chi connectivity index (χ3n) is 5.39. The molecule has 0 aliphatic carbocycles. The van der Waals surface area contributed by atoms with E-state index in [9.17, 15) is 4.79 Å². The zero-order valence-electron chi connectivity index (χ0n) is 18.2. The summed E-state index contributed by atoms with van der Waals surface area (Å²) < 4.78 is 1.87. The molecular formula is C25H27N5O. The summed E-state index contributed by atoms with van der Waals surface area (Å²) in [7, 11) is 0. The van der Waals surface area contributed by atoms with Gasteiger partial charge in [-0.15, -0.1) is 0 Å². The number of carbonyl (C=O) groups is 1. The normalized spacial score (nSPS) is 11.1. The van der Waals surface area contributed by atoms with Gasteiger partial charge in [0.1, 0.15) is 0 Å². The molecule has 4 rings (SSSR count). The van der Waals surface area contributed by atoms with Crippen LogP contribution in [0, 0.1) is 6.92 Å². The van der Waals surface area contributed by atoms with Crippen LogP contribution in [0.25, 0.3) is 16.9 Å². The van der Waals surface area contributed by atoms with Crippen molar-refractivity contribution in [3.05, 3.63) is 83.7 Å². The van der Waals surface area contributed by atoms with E-state index in [2.05, 4.69) is 46.6 Å². The molecule has 0 spiro atoms. The molecule has 31 heavy (non-hydrogen) atoms. The lowest BCUT2D eigenvalue weighted by molar-refractivity contribution is -0.116. The second-order valence-electron chi connectivity index (χ2n) is 7.64. The topological polar surface area (TPSA) is 62.5 Å². The number of benzene rings is 2. The zero-order valence-corrected chi connectivity index (χ0v) is 18.2. The first-order chi connectivity index (χ1) is 15.1. The van der Waals surface area contributed by atoms with E-state index in [-0.39, 0.29) is 5.91 Å². The summed E-state index contributed by atoms with van der Waals surface area (Å²) in [6.45, 7) is 7.75. The number of carbonyl (C=O) groups excluding carboxylic acids is 1. The largest absolute Gasteiger partial charge is 0.313 e. The summed E-state index contributed by atoms with van der Waals surface area (Å²) >= 11 is 0. The molecule has 6 heteroatoms. The molecule has 2 heterocycles. The first kappa shape index (κ1) is 20.8. The van der Waals surface area contributed by atoms with Crippen molar-refractivity contribution in [2.75, 3.05) is 11.4 Å². The molecule has 158 valence electrons. The summed E-state index contributed by atoms with van der Waals surface area (Å²) in [4.78, 5) is 18.3. The maximum atomic E-state index is 11.9. The Labute approximate surface area is 182 Å². The summed E-state index contributed by atoms with van der Waals surface area (Å²) in [6, 6.07) is 18.5. The molecule has 0 fully saturated rings. The van der Waals surface area contributed by atoms with Gasteiger partial charge in [-0.25, -0.2) is 9.50 Å². The number of nitrogens with one attached hydrogen (secondary N) is 1. The number of aryl methyl sites for hydroxylation is 1. The SMILES string of the molecule is CCN(C(C)=O)c1cccc(-c2ccnc3c(CNCc4ccc(C)cc4)cnn23)c1. The first-order valence-corrected chi connectivity index (χ1v) is 10.5. The number of rotatable bonds is 7. The summed E-state index contributed by atoms with van der Waals surface area (Å²) in [6.07, 6.45) is 3.68. The van der Waals surface area contributed by atoms with Crippen molar-refractivity contribution in [2.45, 2.75) is 33.9 Å². The predicted molar refractivity (Wildman–Crippen MR) is 124 cm³/mol. The van der Waals surface area contributed by atoms with Crippen LogP contribution in [0.1, 0.15) is 30.5 Å². The standard InChI is InChI=1S/C25H27N5O/c1-4-29(19(3)31)23-7-5-6-21(14-23)24-12-13-27-25-22(17-28-30(24)25)16-26-15-20-10-8-18(2)9-11-20/h5-14,17,26H,4,15-16H2,1-3H3. The Morgan fingerprint density at radius 2 is 1.90 bits per heavy atom. The minimum atomic E-state index is 0.0283. The molecule has 4 aromatic rings. The average molecular weight is 414 g/mol. The molecule has 0 aliphatic heterocycles. The summed E-state index contributed by atoms with van der Waals surface area (Å²) in [5.41, 5.74) is 7.20. The third kappa shape index (κ3) is 4.49. The fourth-order valence-electron chi connectivity index (χ4n) is 3.75. The van der Waals surface area contributed by atoms with Crippen LogP contribution in [-0.2, 0) is 17.9 Å². The van der Waals surface area contributed by atoms with Gasteiger partial charge in [0.25, 0.3) is 0 Å². The first-order valence-electron chi connectivity index (χ1n) is 10.5. The minimum Gasteiger partial charge on any atom is -0.313 e. The van der Waals surface area contributed by atoms with Gasteiger partial charge in [-0.2, -0.15) is 5.10 Å². The Hall–Kier alpha value is -3.51. The van der Waals surface area contributed by atoms with Crippen LogP contribution >= 0.6 is 0 Å². The lowest BCUT2D eigenvalue weighted by Crippen LogP contribution is -2.27. The molecular weight excluding hydrogens is 386 g/mol. The highest BCUT2D eigenvalue weighted by Gasteiger charge is 2.13. The van der Waals surface area contributed by atoms with Gasteiger partial charge in [0.05, 0.1) is 11.9 Å². The van der Waals surface area contributed by atoms with Crippen molar-refractivity contribution < 1.29 is 4.79 Å². The van der Waals surface area contributed by atoms with E-state index >= 15 is 0 Å². The molecule has 0 atom stereocenters. The monoisotopic (exact) mass is 413 g/mol. The van der Waals surface area contributed by atoms with Gasteiger partial charge in [0, 0.05) is 49.6 Å². The molecule has 0 aliphatic rings. The Balaban J connectivity index is 1.57. The molecule has 0 saturated heterocycles. The number of hydrogen-bond acceptors (Lipinski definition) is 4. The van der Waals surface area contributed by atoms with Gasteiger partial charge in [0.15, 0.2) is 5.65 Å². The van der Waals surface area contributed by atoms with Crippen LogP contribution in [0.2, 0.25) is 0 Å². The van der Waals surface area contributed by atoms with Crippen LogP contribution in [0.5, 0.6) is 0 Å². The molecule has 6 nitrogen and oxygen atoms in total. The van der Waals surface area contributed by atoms with E-state index in [1.807, 2.05) is 54.2 Å². The Morgan fingerprint density at radius 3 is 2.65 bits per heavy atom. The highest BCUT2D eigenvalue weighted by Crippen LogP contribution is 2.25. The van der Waals surface area contributed by atoms with Crippen molar-refractivity contribution in [1.82, 2.24) is 19.9 Å². The zero-order chi connectivity index (χ0) is 21.8. The Kier molecular flexibility index (Phi) is 6.09. The molecule has 0 bridgehead atoms. The summed E-state index contributed by atoms with van der Waals surface area (Å²) in [5, 5.41) is 8.08. The lowest BCUT2D eigenvalue weighted by Gasteiger charge is -2.19. The Morgan fingerprint density at radius 1 is 1.10 bits per heavy atom. The van der Waals surface area contributed by atoms with E-state index in [0.717, 1.165) is 34.7 Å². The van der Waals surface area contributed by atoms with Gasteiger partial charge in [-0.3, -0.25) is 4.79 Å². The highest BCUT2D eigenvalue weighted by molar-refractivity contribution is 5.92. The number of nitrogens with zero attached hydrogens (tertiary/aromatic N) is 4. The maximum absolute atomic E-state index is 11.9. The van der Waals surface area contributed by atoms with Gasteiger partial charge in [-0.05, 0) is 37.6 Å². The van der Waals surface area contributed by atoms with E-state index in [4.69, 9.17) is 0 Å². The van der Waals surface area contributed by atoms with Gasteiger partial charge >= 0.3 is 0 Å². The van der Waals surface area contributed by atoms with Crippen LogP contribution < -0.4 is 10.2 Å². The van der Waals surface area contributed by atoms with E-state index in [0.29, 0.717) is 13.1 Å². The molecule has 0 unspecified atom stereocenters. The second-order valence-corrected chi connectivity index (χ2v) is 7.64. The third-order valence-corrected chi connectivity index (χ3v) is 5.39. The number of aromatic nitrogens is 3. The van der Waals surface area contributed by atoms with E-state index in [1.54, 1.807) is 11.8 Å². The smallest absolute Gasteiger partial charge is 0.223 e.